The number of nitrogens with zero attached hydrogens (tertiary/aromatic N) is 1. The quantitative estimate of drug-likeness (QED) is 0.689. The first-order valence-corrected chi connectivity index (χ1v) is 11.8. The van der Waals surface area contributed by atoms with Gasteiger partial charge in [0.15, 0.2) is 0 Å². The monoisotopic (exact) mass is 436 g/mol. The molecule has 2 fully saturated rings. The molecule has 1 aliphatic heterocycles. The second-order valence-corrected chi connectivity index (χ2v) is 9.23. The van der Waals surface area contributed by atoms with Gasteiger partial charge in [-0.05, 0) is 49.1 Å². The van der Waals surface area contributed by atoms with E-state index in [2.05, 4.69) is 0 Å². The van der Waals surface area contributed by atoms with Crippen molar-refractivity contribution < 1.29 is 14.7 Å². The predicted molar refractivity (Wildman–Crippen MR) is 127 cm³/mol. The fourth-order valence-electron chi connectivity index (χ4n) is 4.85. The summed E-state index contributed by atoms with van der Waals surface area (Å²) in [4.78, 5) is 26.0. The molecule has 1 saturated heterocycles. The Balaban J connectivity index is 0.000000269. The normalized spacial score (nSPS) is 21.6. The lowest BCUT2D eigenvalue weighted by Gasteiger charge is -2.22. The number of rotatable bonds is 6. The number of carboxylic acids is 1. The van der Waals surface area contributed by atoms with Crippen LogP contribution >= 0.6 is 0 Å². The molecule has 4 atom stereocenters. The summed E-state index contributed by atoms with van der Waals surface area (Å²) in [6.45, 7) is 3.65. The molecule has 0 aromatic heterocycles. The van der Waals surface area contributed by atoms with Gasteiger partial charge in [0.25, 0.3) is 0 Å². The molecule has 1 saturated carbocycles. The largest absolute Gasteiger partial charge is 0.481 e. The molecule has 5 heteroatoms. The van der Waals surface area contributed by atoms with E-state index in [0.717, 1.165) is 18.7 Å². The molecule has 0 spiro atoms. The number of nitrogens with two attached hydrogens (primary N) is 1. The van der Waals surface area contributed by atoms with Gasteiger partial charge in [0.05, 0.1) is 5.92 Å². The second-order valence-electron chi connectivity index (χ2n) is 9.23. The van der Waals surface area contributed by atoms with Crippen LogP contribution in [0, 0.1) is 17.8 Å². The van der Waals surface area contributed by atoms with E-state index in [1.54, 1.807) is 0 Å². The number of carbonyl (C=O) groups excluding carboxylic acids is 1. The Kier molecular flexibility index (Phi) is 8.86. The molecule has 1 heterocycles. The van der Waals surface area contributed by atoms with Crippen LogP contribution in [-0.2, 0) is 16.0 Å². The average molecular weight is 437 g/mol. The maximum Gasteiger partial charge on any atom is 0.307 e. The van der Waals surface area contributed by atoms with Crippen molar-refractivity contribution in [2.24, 2.45) is 23.5 Å². The van der Waals surface area contributed by atoms with Crippen molar-refractivity contribution in [1.29, 1.82) is 0 Å². The molecular weight excluding hydrogens is 400 g/mol. The number of likely N-dealkylation sites (tertiary alicyclic amines) is 1. The Labute approximate surface area is 191 Å². The number of carbonyl (C=O) groups is 2. The minimum atomic E-state index is -0.876. The Morgan fingerprint density at radius 1 is 0.969 bits per heavy atom. The van der Waals surface area contributed by atoms with Gasteiger partial charge in [0.2, 0.25) is 5.91 Å². The van der Waals surface area contributed by atoms with E-state index in [-0.39, 0.29) is 18.4 Å². The second kappa shape index (κ2) is 11.8. The van der Waals surface area contributed by atoms with E-state index in [0.29, 0.717) is 18.3 Å². The average Bonchev–Trinajstić information content (AvgIpc) is 3.25. The number of carboxylic acid groups (broad SMARTS) is 1. The van der Waals surface area contributed by atoms with Gasteiger partial charge in [-0.1, -0.05) is 73.5 Å². The third-order valence-electron chi connectivity index (χ3n) is 6.75. The molecule has 2 aromatic carbocycles. The van der Waals surface area contributed by atoms with Gasteiger partial charge in [-0.2, -0.15) is 0 Å². The van der Waals surface area contributed by atoms with E-state index in [4.69, 9.17) is 5.73 Å². The van der Waals surface area contributed by atoms with Crippen LogP contribution in [0.2, 0.25) is 0 Å². The number of amides is 1. The molecule has 3 N–H and O–H groups in total. The molecule has 4 rings (SSSR count). The van der Waals surface area contributed by atoms with E-state index in [1.807, 2.05) is 72.5 Å². The van der Waals surface area contributed by atoms with Crippen molar-refractivity contribution in [2.75, 3.05) is 13.1 Å². The number of hydrogen-bond acceptors (Lipinski definition) is 3. The molecule has 32 heavy (non-hydrogen) atoms. The van der Waals surface area contributed by atoms with E-state index in [9.17, 15) is 14.7 Å². The van der Waals surface area contributed by atoms with Crippen molar-refractivity contribution in [3.8, 4) is 0 Å². The van der Waals surface area contributed by atoms with Crippen molar-refractivity contribution >= 4 is 11.9 Å². The lowest BCUT2D eigenvalue weighted by molar-refractivity contribution is -0.145. The molecule has 1 amide bonds. The Bertz CT molecular complexity index is 840. The van der Waals surface area contributed by atoms with Crippen LogP contribution in [0.5, 0.6) is 0 Å². The maximum absolute atomic E-state index is 12.6. The van der Waals surface area contributed by atoms with Gasteiger partial charge in [0.1, 0.15) is 0 Å². The summed E-state index contributed by atoms with van der Waals surface area (Å²) in [5.74, 6) is -0.204. The molecule has 1 aliphatic carbocycles. The molecule has 2 aliphatic rings. The van der Waals surface area contributed by atoms with Crippen molar-refractivity contribution in [2.45, 2.75) is 51.5 Å². The first-order chi connectivity index (χ1) is 15.4. The summed E-state index contributed by atoms with van der Waals surface area (Å²) in [5, 5.41) is 9.46. The summed E-state index contributed by atoms with van der Waals surface area (Å²) >= 11 is 0. The molecule has 5 nitrogen and oxygen atoms in total. The molecular formula is C27H36N2O3. The molecule has 0 bridgehead atoms. The summed E-state index contributed by atoms with van der Waals surface area (Å²) in [7, 11) is 0. The van der Waals surface area contributed by atoms with E-state index in [1.165, 1.54) is 31.2 Å². The number of benzene rings is 2. The topological polar surface area (TPSA) is 83.6 Å². The minimum Gasteiger partial charge on any atom is -0.481 e. The van der Waals surface area contributed by atoms with Crippen molar-refractivity contribution in [3.05, 3.63) is 71.8 Å². The van der Waals surface area contributed by atoms with Gasteiger partial charge in [0, 0.05) is 25.6 Å². The standard InChI is InChI=1S/C19H25NO3.C8H11N/c21-18(20-12-15-8-4-5-9-16(15)13-20)11-17(19(22)23)10-14-6-2-1-3-7-14;1-7(9)8-5-3-2-4-6-8/h1-3,6-7,15-17H,4-5,8-13H2,(H,22,23);2-7H,9H2,1H3/t15-,16+,17?;. The fourth-order valence-corrected chi connectivity index (χ4v) is 4.85. The zero-order valence-electron chi connectivity index (χ0n) is 19.0. The van der Waals surface area contributed by atoms with Crippen LogP contribution in [0.4, 0.5) is 0 Å². The highest BCUT2D eigenvalue weighted by Gasteiger charge is 2.37. The van der Waals surface area contributed by atoms with Gasteiger partial charge in [-0.3, -0.25) is 9.59 Å². The van der Waals surface area contributed by atoms with Crippen LogP contribution in [0.15, 0.2) is 60.7 Å². The zero-order valence-corrected chi connectivity index (χ0v) is 19.0. The lowest BCUT2D eigenvalue weighted by Crippen LogP contribution is -2.33. The summed E-state index contributed by atoms with van der Waals surface area (Å²) in [6, 6.07) is 19.8. The highest BCUT2D eigenvalue weighted by molar-refractivity contribution is 5.82. The Hall–Kier alpha value is -2.66. The smallest absolute Gasteiger partial charge is 0.307 e. The first-order valence-electron chi connectivity index (χ1n) is 11.8. The minimum absolute atomic E-state index is 0.0164. The highest BCUT2D eigenvalue weighted by Crippen LogP contribution is 2.36. The van der Waals surface area contributed by atoms with Crippen molar-refractivity contribution in [3.63, 3.8) is 0 Å². The number of hydrogen-bond donors (Lipinski definition) is 2. The van der Waals surface area contributed by atoms with E-state index < -0.39 is 11.9 Å². The molecule has 172 valence electrons. The summed E-state index contributed by atoms with van der Waals surface area (Å²) in [5.41, 5.74) is 7.78. The van der Waals surface area contributed by atoms with Gasteiger partial charge >= 0.3 is 5.97 Å². The van der Waals surface area contributed by atoms with Crippen LogP contribution in [-0.4, -0.2) is 35.0 Å². The predicted octanol–water partition coefficient (Wildman–Crippen LogP) is 4.67. The van der Waals surface area contributed by atoms with Crippen molar-refractivity contribution in [1.82, 2.24) is 4.90 Å². The summed E-state index contributed by atoms with van der Waals surface area (Å²) < 4.78 is 0. The number of aliphatic carboxylic acids is 1. The number of fused-ring (bicyclic) bond motifs is 1. The molecule has 0 radical (unpaired) electrons. The maximum atomic E-state index is 12.6. The first kappa shape index (κ1) is 24.0. The molecule has 2 aromatic rings. The third kappa shape index (κ3) is 6.92. The van der Waals surface area contributed by atoms with Gasteiger partial charge < -0.3 is 15.7 Å². The SMILES string of the molecule is CC(N)c1ccccc1.O=C(O)C(CC(=O)N1C[C@H]2CCCC[C@H]2C1)Cc1ccccc1. The highest BCUT2D eigenvalue weighted by atomic mass is 16.4. The van der Waals surface area contributed by atoms with Crippen LogP contribution in [0.3, 0.4) is 0 Å². The molecule has 2 unspecified atom stereocenters. The van der Waals surface area contributed by atoms with Crippen LogP contribution in [0.25, 0.3) is 0 Å². The van der Waals surface area contributed by atoms with Crippen LogP contribution < -0.4 is 5.73 Å². The third-order valence-corrected chi connectivity index (χ3v) is 6.75. The fraction of sp³-hybridized carbons (Fsp3) is 0.481. The van der Waals surface area contributed by atoms with Gasteiger partial charge in [-0.25, -0.2) is 0 Å². The Morgan fingerprint density at radius 3 is 1.97 bits per heavy atom. The van der Waals surface area contributed by atoms with E-state index >= 15 is 0 Å². The Morgan fingerprint density at radius 2 is 1.50 bits per heavy atom. The lowest BCUT2D eigenvalue weighted by atomic mass is 9.82. The zero-order chi connectivity index (χ0) is 22.9. The van der Waals surface area contributed by atoms with Crippen LogP contribution in [0.1, 0.15) is 56.2 Å². The summed E-state index contributed by atoms with van der Waals surface area (Å²) in [6.07, 6.45) is 5.53. The van der Waals surface area contributed by atoms with Gasteiger partial charge in [-0.15, -0.1) is 0 Å².